The van der Waals surface area contributed by atoms with E-state index in [0.717, 1.165) is 25.7 Å². The molecule has 1 heterocycles. The molecule has 2 amide bonds. The molecule has 2 fully saturated rings. The third kappa shape index (κ3) is 3.60. The number of nitrogens with zero attached hydrogens (tertiary/aromatic N) is 2. The molecule has 126 valence electrons. The average Bonchev–Trinajstić information content (AvgIpc) is 2.77. The molecule has 0 aromatic heterocycles. The largest absolute Gasteiger partial charge is 0.351 e. The topological polar surface area (TPSA) is 78.7 Å². The van der Waals surface area contributed by atoms with Crippen LogP contribution in [-0.4, -0.2) is 65.4 Å². The van der Waals surface area contributed by atoms with Crippen LogP contribution in [0.25, 0.3) is 0 Å². The number of amides is 2. The first-order chi connectivity index (χ1) is 10.3. The predicted molar refractivity (Wildman–Crippen MR) is 86.2 cm³/mol. The van der Waals surface area contributed by atoms with Crippen LogP contribution in [0.2, 0.25) is 0 Å². The van der Waals surface area contributed by atoms with E-state index < -0.39 is 0 Å². The second-order valence-corrected chi connectivity index (χ2v) is 7.03. The summed E-state index contributed by atoms with van der Waals surface area (Å²) in [7, 11) is 2.14. The predicted octanol–water partition coefficient (Wildman–Crippen LogP) is 0.312. The molecule has 0 aromatic rings. The first kappa shape index (κ1) is 17.2. The first-order valence-corrected chi connectivity index (χ1v) is 8.36. The average molecular weight is 310 g/mol. The van der Waals surface area contributed by atoms with E-state index in [-0.39, 0.29) is 29.9 Å². The molecule has 3 N–H and O–H groups in total. The van der Waals surface area contributed by atoms with Crippen molar-refractivity contribution in [2.75, 3.05) is 13.6 Å². The van der Waals surface area contributed by atoms with Crippen molar-refractivity contribution >= 4 is 11.8 Å². The second kappa shape index (κ2) is 6.96. The normalized spacial score (nSPS) is 32.9. The van der Waals surface area contributed by atoms with Crippen LogP contribution >= 0.6 is 0 Å². The summed E-state index contributed by atoms with van der Waals surface area (Å²) in [4.78, 5) is 28.1. The Hall–Kier alpha value is -1.14. The van der Waals surface area contributed by atoms with Crippen molar-refractivity contribution in [2.24, 2.45) is 5.73 Å². The molecular formula is C16H30N4O2. The fraction of sp³-hybridized carbons (Fsp3) is 0.875. The van der Waals surface area contributed by atoms with Crippen LogP contribution in [-0.2, 0) is 9.59 Å². The zero-order valence-corrected chi connectivity index (χ0v) is 14.2. The molecule has 1 saturated carbocycles. The fourth-order valence-corrected chi connectivity index (χ4v) is 3.77. The van der Waals surface area contributed by atoms with Crippen LogP contribution < -0.4 is 11.1 Å². The van der Waals surface area contributed by atoms with Crippen LogP contribution in [0.3, 0.4) is 0 Å². The maximum atomic E-state index is 12.2. The van der Waals surface area contributed by atoms with Gasteiger partial charge in [-0.2, -0.15) is 0 Å². The number of carbonyl (C=O) groups is 2. The number of carbonyl (C=O) groups excluding carboxylic acids is 2. The van der Waals surface area contributed by atoms with Gasteiger partial charge in [-0.1, -0.05) is 0 Å². The van der Waals surface area contributed by atoms with Gasteiger partial charge in [0.15, 0.2) is 0 Å². The van der Waals surface area contributed by atoms with Crippen molar-refractivity contribution in [1.82, 2.24) is 15.1 Å². The number of hydrogen-bond acceptors (Lipinski definition) is 4. The summed E-state index contributed by atoms with van der Waals surface area (Å²) in [5, 5.41) is 3.07. The Morgan fingerprint density at radius 1 is 1.36 bits per heavy atom. The zero-order chi connectivity index (χ0) is 16.4. The minimum absolute atomic E-state index is 0.0201. The Labute approximate surface area is 133 Å². The summed E-state index contributed by atoms with van der Waals surface area (Å²) in [5.74, 6) is 0.00908. The van der Waals surface area contributed by atoms with Gasteiger partial charge in [0.1, 0.15) is 0 Å². The van der Waals surface area contributed by atoms with Crippen molar-refractivity contribution in [1.29, 1.82) is 0 Å². The van der Waals surface area contributed by atoms with E-state index in [1.807, 2.05) is 4.90 Å². The van der Waals surface area contributed by atoms with Gasteiger partial charge in [-0.05, 0) is 46.6 Å². The summed E-state index contributed by atoms with van der Waals surface area (Å²) in [5.41, 5.74) is 5.85. The van der Waals surface area contributed by atoms with Gasteiger partial charge in [-0.25, -0.2) is 0 Å². The van der Waals surface area contributed by atoms with Crippen molar-refractivity contribution in [3.05, 3.63) is 0 Å². The van der Waals surface area contributed by atoms with Crippen LogP contribution in [0.5, 0.6) is 0 Å². The molecule has 6 heteroatoms. The molecule has 0 radical (unpaired) electrons. The molecule has 6 nitrogen and oxygen atoms in total. The number of rotatable bonds is 4. The quantitative estimate of drug-likeness (QED) is 0.783. The summed E-state index contributed by atoms with van der Waals surface area (Å²) in [6, 6.07) is 0.656. The zero-order valence-electron chi connectivity index (χ0n) is 14.2. The van der Waals surface area contributed by atoms with Gasteiger partial charge in [-0.3, -0.25) is 9.59 Å². The van der Waals surface area contributed by atoms with E-state index in [2.05, 4.69) is 31.1 Å². The Morgan fingerprint density at radius 2 is 2.05 bits per heavy atom. The van der Waals surface area contributed by atoms with E-state index >= 15 is 0 Å². The lowest BCUT2D eigenvalue weighted by Crippen LogP contribution is -2.58. The Bertz CT molecular complexity index is 426. The highest BCUT2D eigenvalue weighted by Crippen LogP contribution is 2.29. The molecule has 2 rings (SSSR count). The van der Waals surface area contributed by atoms with Gasteiger partial charge in [0, 0.05) is 25.6 Å². The minimum Gasteiger partial charge on any atom is -0.351 e. The Kier molecular flexibility index (Phi) is 5.45. The highest BCUT2D eigenvalue weighted by atomic mass is 16.2. The standard InChI is InChI=1S/C16H30N4O2/c1-10(2)19(4)12-5-6-15(14(9-12)18-11(3)21)20-8-7-13(17)16(20)22/h10,12-15H,5-9,17H2,1-4H3,(H,18,21)/t12-,13+,14+,15?/m1/s1. The molecule has 22 heavy (non-hydrogen) atoms. The van der Waals surface area contributed by atoms with Crippen molar-refractivity contribution in [2.45, 2.75) is 76.7 Å². The Balaban J connectivity index is 2.10. The molecule has 0 bridgehead atoms. The van der Waals surface area contributed by atoms with Crippen LogP contribution in [0.15, 0.2) is 0 Å². The number of hydrogen-bond donors (Lipinski definition) is 2. The van der Waals surface area contributed by atoms with E-state index in [1.165, 1.54) is 0 Å². The van der Waals surface area contributed by atoms with E-state index in [4.69, 9.17) is 5.73 Å². The van der Waals surface area contributed by atoms with Crippen LogP contribution in [0.4, 0.5) is 0 Å². The van der Waals surface area contributed by atoms with Crippen molar-refractivity contribution in [3.63, 3.8) is 0 Å². The highest BCUT2D eigenvalue weighted by Gasteiger charge is 2.41. The van der Waals surface area contributed by atoms with Gasteiger partial charge < -0.3 is 20.9 Å². The molecule has 0 spiro atoms. The van der Waals surface area contributed by atoms with Crippen molar-refractivity contribution in [3.8, 4) is 0 Å². The third-order valence-corrected chi connectivity index (χ3v) is 5.25. The third-order valence-electron chi connectivity index (χ3n) is 5.25. The molecule has 0 aromatic carbocycles. The monoisotopic (exact) mass is 310 g/mol. The summed E-state index contributed by atoms with van der Waals surface area (Å²) in [6.07, 6.45) is 3.58. The Morgan fingerprint density at radius 3 is 2.55 bits per heavy atom. The SMILES string of the molecule is CC(=O)N[C@H]1C[C@H](N(C)C(C)C)CCC1N1CC[C@H](N)C1=O. The van der Waals surface area contributed by atoms with Gasteiger partial charge in [0.05, 0.1) is 18.1 Å². The maximum Gasteiger partial charge on any atom is 0.239 e. The highest BCUT2D eigenvalue weighted by molar-refractivity contribution is 5.84. The van der Waals surface area contributed by atoms with Crippen LogP contribution in [0, 0.1) is 0 Å². The first-order valence-electron chi connectivity index (χ1n) is 8.36. The lowest BCUT2D eigenvalue weighted by molar-refractivity contribution is -0.133. The lowest BCUT2D eigenvalue weighted by Gasteiger charge is -2.44. The molecule has 1 aliphatic carbocycles. The van der Waals surface area contributed by atoms with Gasteiger partial charge in [0.25, 0.3) is 0 Å². The van der Waals surface area contributed by atoms with E-state index in [0.29, 0.717) is 18.6 Å². The molecule has 1 unspecified atom stereocenters. The summed E-state index contributed by atoms with van der Waals surface area (Å²) >= 11 is 0. The van der Waals surface area contributed by atoms with Crippen LogP contribution in [0.1, 0.15) is 46.5 Å². The minimum atomic E-state index is -0.367. The summed E-state index contributed by atoms with van der Waals surface area (Å²) < 4.78 is 0. The fourth-order valence-electron chi connectivity index (χ4n) is 3.77. The number of nitrogens with one attached hydrogen (secondary N) is 1. The van der Waals surface area contributed by atoms with Gasteiger partial charge >= 0.3 is 0 Å². The smallest absolute Gasteiger partial charge is 0.239 e. The molecule has 2 aliphatic rings. The molecule has 1 aliphatic heterocycles. The number of nitrogens with two attached hydrogens (primary N) is 1. The molecule has 4 atom stereocenters. The second-order valence-electron chi connectivity index (χ2n) is 7.03. The molecule has 1 saturated heterocycles. The molecular weight excluding hydrogens is 280 g/mol. The van der Waals surface area contributed by atoms with E-state index in [9.17, 15) is 9.59 Å². The maximum absolute atomic E-state index is 12.2. The summed E-state index contributed by atoms with van der Waals surface area (Å²) in [6.45, 7) is 6.63. The van der Waals surface area contributed by atoms with Gasteiger partial charge in [-0.15, -0.1) is 0 Å². The van der Waals surface area contributed by atoms with Gasteiger partial charge in [0.2, 0.25) is 11.8 Å². The van der Waals surface area contributed by atoms with Crippen molar-refractivity contribution < 1.29 is 9.59 Å². The van der Waals surface area contributed by atoms with E-state index in [1.54, 1.807) is 6.92 Å². The lowest BCUT2D eigenvalue weighted by atomic mass is 9.84. The number of likely N-dealkylation sites (tertiary alicyclic amines) is 1.